The minimum Gasteiger partial charge on any atom is -0.397 e. The Kier molecular flexibility index (Phi) is 4.70. The minimum atomic E-state index is -0.185. The molecule has 0 aromatic heterocycles. The van der Waals surface area contributed by atoms with Gasteiger partial charge in [0.25, 0.3) is 0 Å². The summed E-state index contributed by atoms with van der Waals surface area (Å²) in [5.41, 5.74) is 7.47. The Labute approximate surface area is 122 Å². The normalized spacial score (nSPS) is 16.8. The first kappa shape index (κ1) is 13.9. The van der Waals surface area contributed by atoms with E-state index in [0.717, 1.165) is 18.2 Å². The highest BCUT2D eigenvalue weighted by Crippen LogP contribution is 2.30. The number of nitrogens with zero attached hydrogens (tertiary/aromatic N) is 1. The smallest absolute Gasteiger partial charge is 0.138 e. The lowest BCUT2D eigenvalue weighted by molar-refractivity contribution is 0.362. The van der Waals surface area contributed by atoms with Crippen LogP contribution in [0.3, 0.4) is 0 Å². The third-order valence-corrected chi connectivity index (χ3v) is 4.56. The first-order valence-electron chi connectivity index (χ1n) is 6.53. The maximum Gasteiger partial charge on any atom is 0.138 e. The molecule has 0 radical (unpaired) electrons. The number of anilines is 2. The molecule has 100 valence electrons. The average Bonchev–Trinajstić information content (AvgIpc) is 2.35. The maximum atomic E-state index is 13.6. The van der Waals surface area contributed by atoms with E-state index in [2.05, 4.69) is 4.90 Å². The van der Waals surface area contributed by atoms with Crippen LogP contribution in [0.5, 0.6) is 0 Å². The summed E-state index contributed by atoms with van der Waals surface area (Å²) in [5.74, 6) is 0.542. The van der Waals surface area contributed by atoms with Crippen molar-refractivity contribution in [2.24, 2.45) is 5.92 Å². The zero-order chi connectivity index (χ0) is 13.1. The molecule has 0 amide bonds. The fourth-order valence-electron chi connectivity index (χ4n) is 2.74. The van der Waals surface area contributed by atoms with Gasteiger partial charge in [0.2, 0.25) is 0 Å². The number of nitrogens with two attached hydrogens (primary N) is 1. The quantitative estimate of drug-likeness (QED) is 0.650. The van der Waals surface area contributed by atoms with Crippen molar-refractivity contribution in [1.82, 2.24) is 0 Å². The zero-order valence-corrected chi connectivity index (χ0v) is 12.9. The minimum absolute atomic E-state index is 0.185. The molecule has 0 aliphatic heterocycles. The van der Waals surface area contributed by atoms with Gasteiger partial charge < -0.3 is 10.6 Å². The van der Waals surface area contributed by atoms with Gasteiger partial charge in [0, 0.05) is 19.7 Å². The Balaban J connectivity index is 2.08. The van der Waals surface area contributed by atoms with Gasteiger partial charge in [0.15, 0.2) is 0 Å². The summed E-state index contributed by atoms with van der Waals surface area (Å²) in [5, 5.41) is 0. The van der Waals surface area contributed by atoms with E-state index in [1.165, 1.54) is 32.1 Å². The van der Waals surface area contributed by atoms with Crippen molar-refractivity contribution in [2.75, 3.05) is 24.2 Å². The number of halogens is 2. The standard InChI is InChI=1S/C14H20FIN2/c1-18(9-10-5-3-2-4-6-10)14-7-11(15)12(16)8-13(14)17/h7-8,10H,2-6,9,17H2,1H3. The summed E-state index contributed by atoms with van der Waals surface area (Å²) >= 11 is 1.97. The van der Waals surface area contributed by atoms with Crippen LogP contribution in [-0.2, 0) is 0 Å². The molecule has 0 unspecified atom stereocenters. The van der Waals surface area contributed by atoms with Crippen molar-refractivity contribution in [3.8, 4) is 0 Å². The topological polar surface area (TPSA) is 29.3 Å². The molecule has 1 aliphatic carbocycles. The first-order chi connectivity index (χ1) is 8.58. The van der Waals surface area contributed by atoms with Gasteiger partial charge in [-0.1, -0.05) is 19.3 Å². The Bertz CT molecular complexity index is 417. The summed E-state index contributed by atoms with van der Waals surface area (Å²) < 4.78 is 14.2. The van der Waals surface area contributed by atoms with Crippen molar-refractivity contribution in [2.45, 2.75) is 32.1 Å². The fourth-order valence-corrected chi connectivity index (χ4v) is 3.23. The average molecular weight is 362 g/mol. The van der Waals surface area contributed by atoms with Gasteiger partial charge in [-0.15, -0.1) is 0 Å². The van der Waals surface area contributed by atoms with Crippen LogP contribution in [0.4, 0.5) is 15.8 Å². The largest absolute Gasteiger partial charge is 0.397 e. The Morgan fingerprint density at radius 3 is 2.67 bits per heavy atom. The van der Waals surface area contributed by atoms with Gasteiger partial charge >= 0.3 is 0 Å². The summed E-state index contributed by atoms with van der Waals surface area (Å²) in [6.45, 7) is 0.976. The molecule has 1 aromatic carbocycles. The van der Waals surface area contributed by atoms with Gasteiger partial charge in [-0.2, -0.15) is 0 Å². The third kappa shape index (κ3) is 3.28. The number of hydrogen-bond acceptors (Lipinski definition) is 2. The lowest BCUT2D eigenvalue weighted by Gasteiger charge is -2.29. The van der Waals surface area contributed by atoms with E-state index >= 15 is 0 Å². The number of hydrogen-bond donors (Lipinski definition) is 1. The molecule has 1 fully saturated rings. The highest BCUT2D eigenvalue weighted by atomic mass is 127. The summed E-state index contributed by atoms with van der Waals surface area (Å²) in [4.78, 5) is 2.10. The van der Waals surface area contributed by atoms with E-state index in [4.69, 9.17) is 5.73 Å². The van der Waals surface area contributed by atoms with Gasteiger partial charge in [-0.05, 0) is 47.4 Å². The second-order valence-electron chi connectivity index (χ2n) is 5.21. The van der Waals surface area contributed by atoms with Crippen LogP contribution in [0.2, 0.25) is 0 Å². The molecule has 0 spiro atoms. The molecule has 2 rings (SSSR count). The Morgan fingerprint density at radius 2 is 2.00 bits per heavy atom. The van der Waals surface area contributed by atoms with Gasteiger partial charge in [-0.3, -0.25) is 0 Å². The molecule has 0 heterocycles. The molecule has 0 atom stereocenters. The van der Waals surface area contributed by atoms with Crippen LogP contribution in [0.15, 0.2) is 12.1 Å². The van der Waals surface area contributed by atoms with E-state index < -0.39 is 0 Å². The van der Waals surface area contributed by atoms with Crippen LogP contribution < -0.4 is 10.6 Å². The monoisotopic (exact) mass is 362 g/mol. The van der Waals surface area contributed by atoms with Gasteiger partial charge in [-0.25, -0.2) is 4.39 Å². The second-order valence-corrected chi connectivity index (χ2v) is 6.37. The molecule has 0 saturated heterocycles. The molecule has 1 aliphatic rings. The molecular weight excluding hydrogens is 342 g/mol. The van der Waals surface area contributed by atoms with Gasteiger partial charge in [0.1, 0.15) is 5.82 Å². The van der Waals surface area contributed by atoms with E-state index in [0.29, 0.717) is 9.26 Å². The predicted molar refractivity (Wildman–Crippen MR) is 83.4 cm³/mol. The van der Waals surface area contributed by atoms with E-state index in [9.17, 15) is 4.39 Å². The van der Waals surface area contributed by atoms with Crippen molar-refractivity contribution in [3.63, 3.8) is 0 Å². The zero-order valence-electron chi connectivity index (χ0n) is 10.8. The van der Waals surface area contributed by atoms with Crippen molar-refractivity contribution in [3.05, 3.63) is 21.5 Å². The first-order valence-corrected chi connectivity index (χ1v) is 7.61. The fraction of sp³-hybridized carbons (Fsp3) is 0.571. The highest BCUT2D eigenvalue weighted by molar-refractivity contribution is 14.1. The van der Waals surface area contributed by atoms with Gasteiger partial charge in [0.05, 0.1) is 14.9 Å². The molecule has 1 saturated carbocycles. The maximum absolute atomic E-state index is 13.6. The molecule has 0 bridgehead atoms. The third-order valence-electron chi connectivity index (χ3n) is 3.74. The number of benzene rings is 1. The summed E-state index contributed by atoms with van der Waals surface area (Å²) in [6.07, 6.45) is 6.60. The van der Waals surface area contributed by atoms with Crippen LogP contribution in [0, 0.1) is 15.3 Å². The van der Waals surface area contributed by atoms with Crippen molar-refractivity contribution in [1.29, 1.82) is 0 Å². The van der Waals surface area contributed by atoms with Crippen LogP contribution >= 0.6 is 22.6 Å². The molecule has 4 heteroatoms. The van der Waals surface area contributed by atoms with Crippen LogP contribution in [-0.4, -0.2) is 13.6 Å². The summed E-state index contributed by atoms with van der Waals surface area (Å²) in [7, 11) is 2.01. The molecule has 2 N–H and O–H groups in total. The lowest BCUT2D eigenvalue weighted by Crippen LogP contribution is -2.27. The molecule has 18 heavy (non-hydrogen) atoms. The van der Waals surface area contributed by atoms with Crippen LogP contribution in [0.1, 0.15) is 32.1 Å². The summed E-state index contributed by atoms with van der Waals surface area (Å²) in [6, 6.07) is 3.27. The van der Waals surface area contributed by atoms with E-state index in [-0.39, 0.29) is 5.82 Å². The lowest BCUT2D eigenvalue weighted by atomic mass is 9.89. The number of nitrogen functional groups attached to an aromatic ring is 1. The highest BCUT2D eigenvalue weighted by Gasteiger charge is 2.17. The second kappa shape index (κ2) is 6.08. The number of rotatable bonds is 3. The van der Waals surface area contributed by atoms with E-state index in [1.54, 1.807) is 12.1 Å². The SMILES string of the molecule is CN(CC1CCCCC1)c1cc(F)c(I)cc1N. The molecule has 2 nitrogen and oxygen atoms in total. The van der Waals surface area contributed by atoms with Crippen molar-refractivity contribution < 1.29 is 4.39 Å². The Hall–Kier alpha value is -0.520. The van der Waals surface area contributed by atoms with Crippen LogP contribution in [0.25, 0.3) is 0 Å². The molecular formula is C14H20FIN2. The van der Waals surface area contributed by atoms with Crippen molar-refractivity contribution >= 4 is 34.0 Å². The Morgan fingerprint density at radius 1 is 1.33 bits per heavy atom. The molecule has 1 aromatic rings. The van der Waals surface area contributed by atoms with E-state index in [1.807, 2.05) is 29.6 Å². The predicted octanol–water partition coefficient (Wildman–Crippen LogP) is 4.03.